The summed E-state index contributed by atoms with van der Waals surface area (Å²) in [7, 11) is 0. The highest BCUT2D eigenvalue weighted by molar-refractivity contribution is 8.18. The number of thioether (sulfide) groups is 1. The van der Waals surface area contributed by atoms with Gasteiger partial charge < -0.3 is 15.6 Å². The summed E-state index contributed by atoms with van der Waals surface area (Å²) in [4.78, 5) is 33.8. The Balaban J connectivity index is 1.79. The highest BCUT2D eigenvalue weighted by Gasteiger charge is 2.34. The minimum absolute atomic E-state index is 0.0950. The molecule has 162 valence electrons. The Labute approximate surface area is 178 Å². The van der Waals surface area contributed by atoms with Gasteiger partial charge in [-0.1, -0.05) is 18.2 Å². The van der Waals surface area contributed by atoms with Crippen LogP contribution in [0.25, 0.3) is 6.08 Å². The van der Waals surface area contributed by atoms with E-state index in [9.17, 15) is 27.6 Å². The molecule has 1 unspecified atom stereocenters. The van der Waals surface area contributed by atoms with Gasteiger partial charge in [0.15, 0.2) is 0 Å². The monoisotopic (exact) mass is 452 g/mol. The number of halogens is 3. The first-order chi connectivity index (χ1) is 14.5. The summed E-state index contributed by atoms with van der Waals surface area (Å²) in [6.07, 6.45) is -3.71. The van der Waals surface area contributed by atoms with Crippen molar-refractivity contribution in [3.63, 3.8) is 0 Å². The smallest absolute Gasteiger partial charge is 0.416 e. The highest BCUT2D eigenvalue weighted by Crippen LogP contribution is 2.36. The number of imide groups is 1. The molecule has 2 aromatic rings. The number of alkyl halides is 3. The van der Waals surface area contributed by atoms with Crippen LogP contribution >= 0.6 is 11.8 Å². The van der Waals surface area contributed by atoms with E-state index in [2.05, 4.69) is 5.32 Å². The minimum atomic E-state index is -4.72. The second kappa shape index (κ2) is 8.82. The van der Waals surface area contributed by atoms with Crippen LogP contribution in [0.1, 0.15) is 16.7 Å². The lowest BCUT2D eigenvalue weighted by Crippen LogP contribution is -2.33. The Kier molecular flexibility index (Phi) is 6.37. The number of carbonyl (C=O) groups is 3. The number of carbonyl (C=O) groups excluding carboxylic acids is 2. The molecule has 1 aliphatic heterocycles. The fourth-order valence-electron chi connectivity index (χ4n) is 2.73. The van der Waals surface area contributed by atoms with Crippen LogP contribution in [0.3, 0.4) is 0 Å². The molecule has 0 aromatic heterocycles. The van der Waals surface area contributed by atoms with E-state index in [4.69, 9.17) is 15.6 Å². The first-order valence-electron chi connectivity index (χ1n) is 8.74. The Morgan fingerprint density at radius 3 is 2.35 bits per heavy atom. The van der Waals surface area contributed by atoms with Crippen molar-refractivity contribution in [2.45, 2.75) is 18.6 Å². The van der Waals surface area contributed by atoms with Gasteiger partial charge in [-0.2, -0.15) is 13.2 Å². The van der Waals surface area contributed by atoms with Crippen molar-refractivity contribution >= 4 is 35.0 Å². The number of carboxylic acid groups (broad SMARTS) is 1. The van der Waals surface area contributed by atoms with Gasteiger partial charge in [-0.05, 0) is 59.7 Å². The van der Waals surface area contributed by atoms with Crippen LogP contribution in [-0.2, 0) is 22.2 Å². The van der Waals surface area contributed by atoms with Crippen LogP contribution in [-0.4, -0.2) is 28.3 Å². The zero-order chi connectivity index (χ0) is 22.8. The fraction of sp³-hybridized carbons (Fsp3) is 0.150. The van der Waals surface area contributed by atoms with Gasteiger partial charge >= 0.3 is 12.1 Å². The van der Waals surface area contributed by atoms with E-state index in [0.717, 1.165) is 23.9 Å². The topological polar surface area (TPSA) is 119 Å². The second-order valence-corrected chi connectivity index (χ2v) is 7.50. The van der Waals surface area contributed by atoms with Crippen LogP contribution in [0.2, 0.25) is 0 Å². The van der Waals surface area contributed by atoms with E-state index < -0.39 is 41.3 Å². The van der Waals surface area contributed by atoms with Crippen LogP contribution < -0.4 is 15.8 Å². The molecule has 0 spiro atoms. The molecule has 11 heteroatoms. The van der Waals surface area contributed by atoms with Gasteiger partial charge in [0.05, 0.1) is 10.5 Å². The molecular weight excluding hydrogens is 437 g/mol. The van der Waals surface area contributed by atoms with Gasteiger partial charge in [0.1, 0.15) is 17.5 Å². The molecule has 0 saturated carbocycles. The summed E-state index contributed by atoms with van der Waals surface area (Å²) in [5.74, 6) is -1.76. The normalized spacial score (nSPS) is 16.3. The number of nitrogens with one attached hydrogen (secondary N) is 1. The highest BCUT2D eigenvalue weighted by atomic mass is 32.2. The molecule has 1 fully saturated rings. The molecule has 1 atom stereocenters. The molecule has 1 heterocycles. The Morgan fingerprint density at radius 1 is 1.16 bits per heavy atom. The molecule has 0 radical (unpaired) electrons. The Morgan fingerprint density at radius 2 is 1.81 bits per heavy atom. The number of carboxylic acids is 1. The van der Waals surface area contributed by atoms with Crippen LogP contribution in [0, 0.1) is 0 Å². The third kappa shape index (κ3) is 5.64. The Hall–Kier alpha value is -3.31. The number of hydrogen-bond donors (Lipinski definition) is 3. The number of nitrogens with two attached hydrogens (primary N) is 1. The predicted octanol–water partition coefficient (Wildman–Crippen LogP) is 3.78. The largest absolute Gasteiger partial charge is 0.480 e. The lowest BCUT2D eigenvalue weighted by molar-refractivity contribution is -0.140. The number of aliphatic carboxylic acids is 1. The van der Waals surface area contributed by atoms with Crippen LogP contribution in [0.5, 0.6) is 11.5 Å². The van der Waals surface area contributed by atoms with Crippen LogP contribution in [0.4, 0.5) is 18.0 Å². The summed E-state index contributed by atoms with van der Waals surface area (Å²) >= 11 is 0.764. The second-order valence-electron chi connectivity index (χ2n) is 6.49. The van der Waals surface area contributed by atoms with E-state index >= 15 is 0 Å². The number of hydrogen-bond acceptors (Lipinski definition) is 6. The zero-order valence-corrected chi connectivity index (χ0v) is 16.4. The summed E-state index contributed by atoms with van der Waals surface area (Å²) in [5.41, 5.74) is 4.67. The van der Waals surface area contributed by atoms with Crippen molar-refractivity contribution in [2.24, 2.45) is 5.73 Å². The van der Waals surface area contributed by atoms with Crippen molar-refractivity contribution in [1.82, 2.24) is 5.32 Å². The van der Waals surface area contributed by atoms with Gasteiger partial charge in [-0.3, -0.25) is 19.7 Å². The summed E-state index contributed by atoms with van der Waals surface area (Å²) in [5, 5.41) is 10.5. The van der Waals surface area contributed by atoms with Crippen molar-refractivity contribution in [1.29, 1.82) is 0 Å². The SMILES string of the molecule is NC(Cc1ccc(Oc2ccc(C=C3SC(=O)NC3=O)cc2)cc1C(F)(F)F)C(=O)O. The molecule has 2 aromatic carbocycles. The fourth-order valence-corrected chi connectivity index (χ4v) is 3.41. The number of benzene rings is 2. The lowest BCUT2D eigenvalue weighted by atomic mass is 10.00. The molecule has 2 amide bonds. The van der Waals surface area contributed by atoms with E-state index in [1.807, 2.05) is 0 Å². The molecule has 4 N–H and O–H groups in total. The minimum Gasteiger partial charge on any atom is -0.480 e. The van der Waals surface area contributed by atoms with Gasteiger partial charge in [0.2, 0.25) is 0 Å². The number of ether oxygens (including phenoxy) is 1. The van der Waals surface area contributed by atoms with Gasteiger partial charge in [-0.15, -0.1) is 0 Å². The van der Waals surface area contributed by atoms with Crippen LogP contribution in [0.15, 0.2) is 47.4 Å². The quantitative estimate of drug-likeness (QED) is 0.571. The maximum absolute atomic E-state index is 13.4. The van der Waals surface area contributed by atoms with Gasteiger partial charge in [-0.25, -0.2) is 0 Å². The molecule has 0 aliphatic carbocycles. The first-order valence-corrected chi connectivity index (χ1v) is 9.56. The predicted molar refractivity (Wildman–Crippen MR) is 106 cm³/mol. The van der Waals surface area contributed by atoms with E-state index in [1.165, 1.54) is 24.3 Å². The average Bonchev–Trinajstić information content (AvgIpc) is 3.00. The third-order valence-electron chi connectivity index (χ3n) is 4.20. The third-order valence-corrected chi connectivity index (χ3v) is 5.01. The molecule has 31 heavy (non-hydrogen) atoms. The molecule has 3 rings (SSSR count). The summed E-state index contributed by atoms with van der Waals surface area (Å²) in [6.45, 7) is 0. The number of rotatable bonds is 6. The zero-order valence-electron chi connectivity index (χ0n) is 15.6. The van der Waals surface area contributed by atoms with E-state index in [1.54, 1.807) is 12.1 Å². The van der Waals surface area contributed by atoms with E-state index in [0.29, 0.717) is 5.56 Å². The van der Waals surface area contributed by atoms with Crippen molar-refractivity contribution in [3.8, 4) is 11.5 Å². The molecular formula is C20H15F3N2O5S. The molecule has 1 saturated heterocycles. The number of amides is 2. The van der Waals surface area contributed by atoms with Gasteiger partial charge in [0.25, 0.3) is 11.1 Å². The van der Waals surface area contributed by atoms with Gasteiger partial charge in [0, 0.05) is 0 Å². The molecule has 1 aliphatic rings. The Bertz CT molecular complexity index is 1070. The molecule has 7 nitrogen and oxygen atoms in total. The lowest BCUT2D eigenvalue weighted by Gasteiger charge is -2.16. The summed E-state index contributed by atoms with van der Waals surface area (Å²) in [6, 6.07) is 7.87. The first kappa shape index (κ1) is 22.4. The van der Waals surface area contributed by atoms with E-state index in [-0.39, 0.29) is 22.0 Å². The maximum Gasteiger partial charge on any atom is 0.416 e. The van der Waals surface area contributed by atoms with Crippen molar-refractivity contribution in [3.05, 3.63) is 64.1 Å². The van der Waals surface area contributed by atoms with Crippen molar-refractivity contribution in [2.75, 3.05) is 0 Å². The standard InChI is InChI=1S/C20H15F3N2O5S/c21-20(22,23)14-9-13(6-3-11(14)8-15(24)18(27)28)30-12-4-1-10(2-5-12)7-16-17(26)25-19(29)31-16/h1-7,9,15H,8,24H2,(H,27,28)(H,25,26,29). The summed E-state index contributed by atoms with van der Waals surface area (Å²) < 4.78 is 45.7. The molecule has 0 bridgehead atoms. The average molecular weight is 452 g/mol. The maximum atomic E-state index is 13.4. The van der Waals surface area contributed by atoms with Crippen molar-refractivity contribution < 1.29 is 37.4 Å².